The van der Waals surface area contributed by atoms with Gasteiger partial charge in [0.2, 0.25) is 11.8 Å². The third-order valence-corrected chi connectivity index (χ3v) is 5.32. The molecule has 1 aliphatic heterocycles. The largest absolute Gasteiger partial charge is 0.439 e. The van der Waals surface area contributed by atoms with E-state index >= 15 is 0 Å². The topological polar surface area (TPSA) is 75.6 Å². The highest BCUT2D eigenvalue weighted by molar-refractivity contribution is 5.85. The van der Waals surface area contributed by atoms with Crippen LogP contribution < -0.4 is 5.73 Å². The number of oxazole rings is 1. The van der Waals surface area contributed by atoms with Crippen molar-refractivity contribution in [2.45, 2.75) is 19.0 Å². The van der Waals surface area contributed by atoms with Crippen LogP contribution in [0.4, 0.5) is 0 Å². The molecule has 6 nitrogen and oxygen atoms in total. The number of carbonyl (C=O) groups is 1. The average molecular weight is 463 g/mol. The Bertz CT molecular complexity index is 929. The monoisotopic (exact) mass is 462 g/mol. The van der Waals surface area contributed by atoms with Gasteiger partial charge in [-0.1, -0.05) is 60.7 Å². The van der Waals surface area contributed by atoms with Crippen molar-refractivity contribution in [3.8, 4) is 11.3 Å². The fourth-order valence-corrected chi connectivity index (χ4v) is 3.60. The Morgan fingerprint density at radius 2 is 1.58 bits per heavy atom. The Kier molecular flexibility index (Phi) is 9.52. The highest BCUT2D eigenvalue weighted by Gasteiger charge is 2.24. The van der Waals surface area contributed by atoms with E-state index in [0.717, 1.165) is 30.0 Å². The SMILES string of the molecule is Cl.Cl.NC(CC(=O)N1CCN(Cc2ncc(-c3ccccc3)o2)CC1)c1ccccc1. The van der Waals surface area contributed by atoms with Crippen LogP contribution in [0, 0.1) is 0 Å². The average Bonchev–Trinajstić information content (AvgIpc) is 3.24. The molecule has 1 aromatic heterocycles. The molecule has 2 N–H and O–H groups in total. The Balaban J connectivity index is 0.00000171. The minimum absolute atomic E-state index is 0. The molecule has 1 unspecified atom stereocenters. The molecule has 1 atom stereocenters. The summed E-state index contributed by atoms with van der Waals surface area (Å²) >= 11 is 0. The summed E-state index contributed by atoms with van der Waals surface area (Å²) in [5.74, 6) is 1.60. The van der Waals surface area contributed by atoms with E-state index in [0.29, 0.717) is 31.9 Å². The number of hydrogen-bond donors (Lipinski definition) is 1. The van der Waals surface area contributed by atoms with Crippen molar-refractivity contribution < 1.29 is 9.21 Å². The van der Waals surface area contributed by atoms with E-state index in [9.17, 15) is 4.79 Å². The van der Waals surface area contributed by atoms with Crippen molar-refractivity contribution in [2.24, 2.45) is 5.73 Å². The molecule has 2 aromatic carbocycles. The number of piperazine rings is 1. The smallest absolute Gasteiger partial charge is 0.224 e. The van der Waals surface area contributed by atoms with Crippen molar-refractivity contribution >= 4 is 30.7 Å². The van der Waals surface area contributed by atoms with Crippen molar-refractivity contribution in [3.05, 3.63) is 78.3 Å². The predicted molar refractivity (Wildman–Crippen MR) is 126 cm³/mol. The highest BCUT2D eigenvalue weighted by Crippen LogP contribution is 2.21. The van der Waals surface area contributed by atoms with Gasteiger partial charge in [-0.05, 0) is 5.56 Å². The lowest BCUT2D eigenvalue weighted by atomic mass is 10.0. The van der Waals surface area contributed by atoms with Gasteiger partial charge in [-0.25, -0.2) is 4.98 Å². The number of rotatable bonds is 6. The molecule has 0 spiro atoms. The molecule has 1 saturated heterocycles. The first-order chi connectivity index (χ1) is 14.2. The lowest BCUT2D eigenvalue weighted by Gasteiger charge is -2.34. The molecule has 1 fully saturated rings. The van der Waals surface area contributed by atoms with E-state index in [1.165, 1.54) is 0 Å². The van der Waals surface area contributed by atoms with Crippen molar-refractivity contribution in [3.63, 3.8) is 0 Å². The first-order valence-corrected chi connectivity index (χ1v) is 10.00. The number of nitrogens with two attached hydrogens (primary N) is 1. The van der Waals surface area contributed by atoms with Crippen LogP contribution in [0.1, 0.15) is 23.9 Å². The maximum atomic E-state index is 12.6. The zero-order valence-corrected chi connectivity index (χ0v) is 18.9. The van der Waals surface area contributed by atoms with Gasteiger partial charge in [0.1, 0.15) is 0 Å². The van der Waals surface area contributed by atoms with E-state index in [-0.39, 0.29) is 36.8 Å². The minimum Gasteiger partial charge on any atom is -0.439 e. The second-order valence-corrected chi connectivity index (χ2v) is 7.36. The van der Waals surface area contributed by atoms with Gasteiger partial charge in [0, 0.05) is 44.2 Å². The molecule has 4 rings (SSSR count). The molecule has 166 valence electrons. The van der Waals surface area contributed by atoms with Crippen LogP contribution in [-0.4, -0.2) is 46.9 Å². The maximum Gasteiger partial charge on any atom is 0.224 e. The molecule has 0 saturated carbocycles. The summed E-state index contributed by atoms with van der Waals surface area (Å²) in [6.45, 7) is 3.66. The summed E-state index contributed by atoms with van der Waals surface area (Å²) in [4.78, 5) is 21.2. The van der Waals surface area contributed by atoms with Gasteiger partial charge in [0.25, 0.3) is 0 Å². The first kappa shape index (κ1) is 24.9. The third kappa shape index (κ3) is 6.55. The molecule has 1 amide bonds. The van der Waals surface area contributed by atoms with E-state index in [1.807, 2.05) is 65.6 Å². The Morgan fingerprint density at radius 1 is 0.968 bits per heavy atom. The molecule has 2 heterocycles. The number of amides is 1. The normalized spacial score (nSPS) is 14.9. The number of nitrogens with zero attached hydrogens (tertiary/aromatic N) is 3. The summed E-state index contributed by atoms with van der Waals surface area (Å²) in [7, 11) is 0. The second kappa shape index (κ2) is 11.9. The van der Waals surface area contributed by atoms with Crippen molar-refractivity contribution in [1.82, 2.24) is 14.8 Å². The van der Waals surface area contributed by atoms with Crippen molar-refractivity contribution in [1.29, 1.82) is 0 Å². The summed E-state index contributed by atoms with van der Waals surface area (Å²) < 4.78 is 5.90. The standard InChI is InChI=1S/C23H26N4O2.2ClH/c24-20(18-7-3-1-4-8-18)15-23(28)27-13-11-26(12-14-27)17-22-25-16-21(29-22)19-9-5-2-6-10-19;;/h1-10,16,20H,11-15,17,24H2;2*1H. The first-order valence-electron chi connectivity index (χ1n) is 10.00. The highest BCUT2D eigenvalue weighted by atomic mass is 35.5. The summed E-state index contributed by atoms with van der Waals surface area (Å²) in [6, 6.07) is 19.5. The van der Waals surface area contributed by atoms with Crippen LogP contribution in [0.25, 0.3) is 11.3 Å². The van der Waals surface area contributed by atoms with Gasteiger partial charge in [-0.15, -0.1) is 24.8 Å². The van der Waals surface area contributed by atoms with Crippen LogP contribution in [0.5, 0.6) is 0 Å². The predicted octanol–water partition coefficient (Wildman–Crippen LogP) is 3.92. The summed E-state index contributed by atoms with van der Waals surface area (Å²) in [5, 5.41) is 0. The fourth-order valence-electron chi connectivity index (χ4n) is 3.60. The quantitative estimate of drug-likeness (QED) is 0.600. The molecule has 8 heteroatoms. The van der Waals surface area contributed by atoms with Crippen LogP contribution in [-0.2, 0) is 11.3 Å². The lowest BCUT2D eigenvalue weighted by molar-refractivity contribution is -0.133. The van der Waals surface area contributed by atoms with Gasteiger partial charge in [0.15, 0.2) is 5.76 Å². The number of hydrogen-bond acceptors (Lipinski definition) is 5. The van der Waals surface area contributed by atoms with E-state index < -0.39 is 0 Å². The Hall–Kier alpha value is -2.38. The number of aromatic nitrogens is 1. The van der Waals surface area contributed by atoms with Crippen LogP contribution in [0.2, 0.25) is 0 Å². The minimum atomic E-state index is -0.259. The van der Waals surface area contributed by atoms with E-state index in [4.69, 9.17) is 10.2 Å². The van der Waals surface area contributed by atoms with Crippen LogP contribution in [0.15, 0.2) is 71.3 Å². The molecular weight excluding hydrogens is 435 g/mol. The fraction of sp³-hybridized carbons (Fsp3) is 0.304. The number of halogens is 2. The Labute approximate surface area is 195 Å². The molecule has 0 radical (unpaired) electrons. The van der Waals surface area contributed by atoms with Gasteiger partial charge in [-0.2, -0.15) is 0 Å². The van der Waals surface area contributed by atoms with E-state index in [1.54, 1.807) is 6.20 Å². The summed E-state index contributed by atoms with van der Waals surface area (Å²) in [6.07, 6.45) is 2.11. The van der Waals surface area contributed by atoms with Gasteiger partial charge in [0.05, 0.1) is 12.7 Å². The molecule has 0 bridgehead atoms. The van der Waals surface area contributed by atoms with Crippen LogP contribution >= 0.6 is 24.8 Å². The summed E-state index contributed by atoms with van der Waals surface area (Å²) in [5.41, 5.74) is 8.23. The third-order valence-electron chi connectivity index (χ3n) is 5.32. The van der Waals surface area contributed by atoms with E-state index in [2.05, 4.69) is 9.88 Å². The Morgan fingerprint density at radius 3 is 2.23 bits per heavy atom. The van der Waals surface area contributed by atoms with Gasteiger partial charge < -0.3 is 15.1 Å². The zero-order valence-electron chi connectivity index (χ0n) is 17.2. The molecule has 31 heavy (non-hydrogen) atoms. The molecule has 1 aliphatic rings. The molecular formula is C23H28Cl2N4O2. The maximum absolute atomic E-state index is 12.6. The van der Waals surface area contributed by atoms with Gasteiger partial charge >= 0.3 is 0 Å². The van der Waals surface area contributed by atoms with Crippen molar-refractivity contribution in [2.75, 3.05) is 26.2 Å². The van der Waals surface area contributed by atoms with Crippen LogP contribution in [0.3, 0.4) is 0 Å². The van der Waals surface area contributed by atoms with Gasteiger partial charge in [-0.3, -0.25) is 9.69 Å². The number of benzene rings is 2. The second-order valence-electron chi connectivity index (χ2n) is 7.36. The zero-order chi connectivity index (χ0) is 20.1. The molecule has 3 aromatic rings. The lowest BCUT2D eigenvalue weighted by Crippen LogP contribution is -2.48. The number of carbonyl (C=O) groups excluding carboxylic acids is 1. The molecule has 0 aliphatic carbocycles.